The maximum absolute atomic E-state index is 12.2. The number of aryl methyl sites for hydroxylation is 1. The molecule has 0 heterocycles. The molecule has 4 atom stereocenters. The van der Waals surface area contributed by atoms with Crippen molar-refractivity contribution >= 4 is 10.1 Å². The van der Waals surface area contributed by atoms with Crippen LogP contribution in [-0.2, 0) is 14.3 Å². The first-order valence-electron chi connectivity index (χ1n) is 7.60. The molecule has 0 unspecified atom stereocenters. The average Bonchev–Trinajstić information content (AvgIpc) is 2.46. The molecule has 0 spiro atoms. The topological polar surface area (TPSA) is 63.6 Å². The van der Waals surface area contributed by atoms with Crippen molar-refractivity contribution in [3.63, 3.8) is 0 Å². The summed E-state index contributed by atoms with van der Waals surface area (Å²) in [6, 6.07) is 6.68. The van der Waals surface area contributed by atoms with E-state index in [1.54, 1.807) is 24.3 Å². The van der Waals surface area contributed by atoms with Crippen molar-refractivity contribution in [2.24, 2.45) is 17.8 Å². The SMILES string of the molecule is Cc1ccc(S(=O)(=O)OC[C@H]2C[C@H]3CC[C@@H]2[C@H](O)C3)cc1. The lowest BCUT2D eigenvalue weighted by atomic mass is 9.63. The third-order valence-electron chi connectivity index (χ3n) is 4.97. The van der Waals surface area contributed by atoms with E-state index in [2.05, 4.69) is 0 Å². The maximum Gasteiger partial charge on any atom is 0.296 e. The van der Waals surface area contributed by atoms with E-state index < -0.39 is 10.1 Å². The van der Waals surface area contributed by atoms with Crippen LogP contribution in [0.1, 0.15) is 31.2 Å². The van der Waals surface area contributed by atoms with Crippen LogP contribution in [0.15, 0.2) is 29.2 Å². The number of aliphatic hydroxyl groups excluding tert-OH is 1. The first-order chi connectivity index (χ1) is 9.95. The summed E-state index contributed by atoms with van der Waals surface area (Å²) in [5.41, 5.74) is 1.02. The highest BCUT2D eigenvalue weighted by Gasteiger charge is 2.41. The van der Waals surface area contributed by atoms with Crippen LogP contribution in [0.5, 0.6) is 0 Å². The van der Waals surface area contributed by atoms with Gasteiger partial charge in [0.15, 0.2) is 0 Å². The second kappa shape index (κ2) is 5.71. The predicted molar refractivity (Wildman–Crippen MR) is 79.3 cm³/mol. The molecule has 116 valence electrons. The van der Waals surface area contributed by atoms with Crippen LogP contribution in [0.3, 0.4) is 0 Å². The van der Waals surface area contributed by atoms with Gasteiger partial charge in [-0.2, -0.15) is 8.42 Å². The Hall–Kier alpha value is -0.910. The van der Waals surface area contributed by atoms with Gasteiger partial charge in [0.25, 0.3) is 10.1 Å². The van der Waals surface area contributed by atoms with Gasteiger partial charge in [-0.1, -0.05) is 17.7 Å². The van der Waals surface area contributed by atoms with Gasteiger partial charge in [0.1, 0.15) is 0 Å². The summed E-state index contributed by atoms with van der Waals surface area (Å²) >= 11 is 0. The molecule has 3 aliphatic rings. The summed E-state index contributed by atoms with van der Waals surface area (Å²) in [7, 11) is -3.69. The predicted octanol–water partition coefficient (Wildman–Crippen LogP) is 2.50. The molecule has 4 rings (SSSR count). The Kier molecular flexibility index (Phi) is 4.08. The van der Waals surface area contributed by atoms with Crippen LogP contribution in [0, 0.1) is 24.7 Å². The van der Waals surface area contributed by atoms with Crippen molar-refractivity contribution in [1.29, 1.82) is 0 Å². The fraction of sp³-hybridized carbons (Fsp3) is 0.625. The van der Waals surface area contributed by atoms with Gasteiger partial charge in [0, 0.05) is 0 Å². The minimum atomic E-state index is -3.69. The Morgan fingerprint density at radius 3 is 2.52 bits per heavy atom. The fourth-order valence-electron chi connectivity index (χ4n) is 3.76. The second-order valence-corrected chi connectivity index (χ2v) is 8.07. The highest BCUT2D eigenvalue weighted by Crippen LogP contribution is 2.45. The van der Waals surface area contributed by atoms with E-state index in [1.165, 1.54) is 0 Å². The normalized spacial score (nSPS) is 32.3. The van der Waals surface area contributed by atoms with Crippen LogP contribution < -0.4 is 0 Å². The lowest BCUT2D eigenvalue weighted by molar-refractivity contribution is -0.0485. The van der Waals surface area contributed by atoms with Crippen molar-refractivity contribution in [1.82, 2.24) is 0 Å². The zero-order valence-corrected chi connectivity index (χ0v) is 13.1. The number of benzene rings is 1. The van der Waals surface area contributed by atoms with E-state index in [0.717, 1.165) is 31.2 Å². The van der Waals surface area contributed by atoms with Crippen molar-refractivity contribution in [3.05, 3.63) is 29.8 Å². The summed E-state index contributed by atoms with van der Waals surface area (Å²) in [4.78, 5) is 0.203. The highest BCUT2D eigenvalue weighted by atomic mass is 32.2. The molecule has 4 nitrogen and oxygen atoms in total. The molecular weight excluding hydrogens is 288 g/mol. The number of hydrogen-bond donors (Lipinski definition) is 1. The third kappa shape index (κ3) is 3.15. The van der Waals surface area contributed by atoms with Crippen LogP contribution in [0.4, 0.5) is 0 Å². The zero-order chi connectivity index (χ0) is 15.0. The van der Waals surface area contributed by atoms with Crippen molar-refractivity contribution < 1.29 is 17.7 Å². The lowest BCUT2D eigenvalue weighted by Crippen LogP contribution is -2.43. The third-order valence-corrected chi connectivity index (χ3v) is 6.26. The molecule has 3 saturated carbocycles. The van der Waals surface area contributed by atoms with Crippen LogP contribution >= 0.6 is 0 Å². The quantitative estimate of drug-likeness (QED) is 0.868. The molecule has 5 heteroatoms. The Labute approximate surface area is 126 Å². The number of hydrogen-bond acceptors (Lipinski definition) is 4. The number of aliphatic hydroxyl groups is 1. The maximum atomic E-state index is 12.2. The molecule has 3 fully saturated rings. The first kappa shape index (κ1) is 15.0. The molecule has 0 aromatic heterocycles. The largest absolute Gasteiger partial charge is 0.393 e. The van der Waals surface area contributed by atoms with Crippen molar-refractivity contribution in [2.75, 3.05) is 6.61 Å². The van der Waals surface area contributed by atoms with E-state index in [0.29, 0.717) is 5.92 Å². The molecule has 1 aromatic carbocycles. The Morgan fingerprint density at radius 1 is 1.19 bits per heavy atom. The molecule has 3 aliphatic carbocycles. The summed E-state index contributed by atoms with van der Waals surface area (Å²) < 4.78 is 29.6. The fourth-order valence-corrected chi connectivity index (χ4v) is 4.72. The molecule has 0 aliphatic heterocycles. The first-order valence-corrected chi connectivity index (χ1v) is 9.01. The number of fused-ring (bicyclic) bond motifs is 3. The van der Waals surface area contributed by atoms with E-state index in [4.69, 9.17) is 4.18 Å². The molecule has 2 bridgehead atoms. The van der Waals surface area contributed by atoms with Gasteiger partial charge >= 0.3 is 0 Å². The molecule has 1 aromatic rings. The Bertz CT molecular complexity index is 593. The lowest BCUT2D eigenvalue weighted by Gasteiger charge is -2.45. The van der Waals surface area contributed by atoms with Gasteiger partial charge in [0.2, 0.25) is 0 Å². The van der Waals surface area contributed by atoms with Gasteiger partial charge in [-0.3, -0.25) is 4.18 Å². The summed E-state index contributed by atoms with van der Waals surface area (Å²) in [5, 5.41) is 10.0. The van der Waals surface area contributed by atoms with E-state index >= 15 is 0 Å². The van der Waals surface area contributed by atoms with E-state index in [-0.39, 0.29) is 29.4 Å². The summed E-state index contributed by atoms with van der Waals surface area (Å²) in [5.74, 6) is 0.886. The van der Waals surface area contributed by atoms with Gasteiger partial charge in [-0.05, 0) is 62.5 Å². The Balaban J connectivity index is 1.65. The molecule has 0 saturated heterocycles. The average molecular weight is 310 g/mol. The summed E-state index contributed by atoms with van der Waals surface area (Å²) in [6.45, 7) is 2.10. The smallest absolute Gasteiger partial charge is 0.296 e. The van der Waals surface area contributed by atoms with Crippen LogP contribution in [-0.4, -0.2) is 26.2 Å². The number of rotatable bonds is 4. The minimum Gasteiger partial charge on any atom is -0.393 e. The van der Waals surface area contributed by atoms with Gasteiger partial charge < -0.3 is 5.11 Å². The Morgan fingerprint density at radius 2 is 1.90 bits per heavy atom. The zero-order valence-electron chi connectivity index (χ0n) is 12.2. The second-order valence-electron chi connectivity index (χ2n) is 6.46. The van der Waals surface area contributed by atoms with Gasteiger partial charge in [-0.15, -0.1) is 0 Å². The van der Waals surface area contributed by atoms with Crippen molar-refractivity contribution in [2.45, 2.75) is 43.6 Å². The molecule has 1 N–H and O–H groups in total. The van der Waals surface area contributed by atoms with Gasteiger partial charge in [0.05, 0.1) is 17.6 Å². The van der Waals surface area contributed by atoms with Gasteiger partial charge in [-0.25, -0.2) is 0 Å². The van der Waals surface area contributed by atoms with Crippen molar-refractivity contribution in [3.8, 4) is 0 Å². The minimum absolute atomic E-state index is 0.160. The monoisotopic (exact) mass is 310 g/mol. The standard InChI is InChI=1S/C16H22O4S/c1-11-2-5-14(6-3-11)21(18,19)20-10-13-8-12-4-7-15(13)16(17)9-12/h2-3,5-6,12-13,15-17H,4,7-10H2,1H3/t12-,13-,15+,16-/m1/s1. The molecule has 0 radical (unpaired) electrons. The van der Waals surface area contributed by atoms with E-state index in [9.17, 15) is 13.5 Å². The molecular formula is C16H22O4S. The van der Waals surface area contributed by atoms with Crippen LogP contribution in [0.2, 0.25) is 0 Å². The van der Waals surface area contributed by atoms with E-state index in [1.807, 2.05) is 6.92 Å². The molecule has 0 amide bonds. The molecule has 21 heavy (non-hydrogen) atoms. The highest BCUT2D eigenvalue weighted by molar-refractivity contribution is 7.86. The van der Waals surface area contributed by atoms with Crippen LogP contribution in [0.25, 0.3) is 0 Å². The summed E-state index contributed by atoms with van der Waals surface area (Å²) in [6.07, 6.45) is 3.71.